The second kappa shape index (κ2) is 9.77. The molecule has 0 saturated heterocycles. The molecule has 1 N–H and O–H groups in total. The van der Waals surface area contributed by atoms with Crippen molar-refractivity contribution in [1.29, 1.82) is 0 Å². The summed E-state index contributed by atoms with van der Waals surface area (Å²) in [4.78, 5) is 30.5. The molecule has 0 saturated carbocycles. The first-order chi connectivity index (χ1) is 15.4. The van der Waals surface area contributed by atoms with Crippen LogP contribution in [-0.2, 0) is 11.3 Å². The first-order valence-corrected chi connectivity index (χ1v) is 11.6. The largest absolute Gasteiger partial charge is 0.323 e. The van der Waals surface area contributed by atoms with Gasteiger partial charge in [0, 0.05) is 0 Å². The Bertz CT molecular complexity index is 1330. The van der Waals surface area contributed by atoms with Crippen LogP contribution in [0.4, 0.5) is 5.69 Å². The molecule has 0 fully saturated rings. The number of hydrogen-bond acceptors (Lipinski definition) is 4. The molecule has 0 aliphatic heterocycles. The van der Waals surface area contributed by atoms with Crippen molar-refractivity contribution in [1.82, 2.24) is 9.55 Å². The highest BCUT2D eigenvalue weighted by atomic mass is 35.5. The van der Waals surface area contributed by atoms with Crippen LogP contribution in [-0.4, -0.2) is 21.2 Å². The van der Waals surface area contributed by atoms with E-state index in [0.29, 0.717) is 38.3 Å². The minimum absolute atomic E-state index is 0.0419. The molecular formula is C24H19Cl2N3O2S. The highest BCUT2D eigenvalue weighted by molar-refractivity contribution is 7.99. The molecule has 1 heterocycles. The van der Waals surface area contributed by atoms with E-state index in [-0.39, 0.29) is 17.2 Å². The molecule has 162 valence electrons. The quantitative estimate of drug-likeness (QED) is 0.278. The first kappa shape index (κ1) is 22.4. The molecule has 0 unspecified atom stereocenters. The summed E-state index contributed by atoms with van der Waals surface area (Å²) in [5.41, 5.74) is 2.93. The maximum absolute atomic E-state index is 13.2. The van der Waals surface area contributed by atoms with E-state index in [0.717, 1.165) is 11.1 Å². The minimum Gasteiger partial charge on any atom is -0.323 e. The van der Waals surface area contributed by atoms with E-state index >= 15 is 0 Å². The second-order valence-electron chi connectivity index (χ2n) is 7.22. The number of anilines is 1. The van der Waals surface area contributed by atoms with Gasteiger partial charge in [-0.3, -0.25) is 14.2 Å². The predicted octanol–water partition coefficient (Wildman–Crippen LogP) is 5.79. The van der Waals surface area contributed by atoms with Crippen LogP contribution >= 0.6 is 35.0 Å². The number of halogens is 2. The third-order valence-corrected chi connectivity index (χ3v) is 6.45. The SMILES string of the molecule is Cc1ccc(Cn2c(SCC(=O)Nc3c(Cl)cccc3Cl)nc3ccccc3c2=O)cc1. The molecule has 0 aliphatic carbocycles. The van der Waals surface area contributed by atoms with Gasteiger partial charge in [-0.05, 0) is 36.8 Å². The molecule has 0 atom stereocenters. The predicted molar refractivity (Wildman–Crippen MR) is 132 cm³/mol. The average molecular weight is 484 g/mol. The molecule has 0 spiro atoms. The number of hydrogen-bond donors (Lipinski definition) is 1. The van der Waals surface area contributed by atoms with Crippen LogP contribution in [0.3, 0.4) is 0 Å². The van der Waals surface area contributed by atoms with Crippen LogP contribution in [0.2, 0.25) is 10.0 Å². The summed E-state index contributed by atoms with van der Waals surface area (Å²) >= 11 is 13.5. The lowest BCUT2D eigenvalue weighted by molar-refractivity contribution is -0.113. The number of rotatable bonds is 6. The van der Waals surface area contributed by atoms with Crippen molar-refractivity contribution in [2.24, 2.45) is 0 Å². The highest BCUT2D eigenvalue weighted by Crippen LogP contribution is 2.30. The summed E-state index contributed by atoms with van der Waals surface area (Å²) < 4.78 is 1.60. The molecule has 0 aliphatic rings. The van der Waals surface area contributed by atoms with Crippen LogP contribution in [0.25, 0.3) is 10.9 Å². The zero-order valence-corrected chi connectivity index (χ0v) is 19.5. The van der Waals surface area contributed by atoms with Gasteiger partial charge in [0.15, 0.2) is 5.16 Å². The average Bonchev–Trinajstić information content (AvgIpc) is 2.78. The van der Waals surface area contributed by atoms with Gasteiger partial charge in [0.2, 0.25) is 5.91 Å². The number of thioether (sulfide) groups is 1. The number of fused-ring (bicyclic) bond motifs is 1. The molecule has 1 amide bonds. The maximum atomic E-state index is 13.2. The van der Waals surface area contributed by atoms with Gasteiger partial charge in [0.25, 0.3) is 5.56 Å². The lowest BCUT2D eigenvalue weighted by Gasteiger charge is -2.14. The van der Waals surface area contributed by atoms with Gasteiger partial charge in [-0.15, -0.1) is 0 Å². The zero-order valence-electron chi connectivity index (χ0n) is 17.1. The molecular weight excluding hydrogens is 465 g/mol. The fourth-order valence-corrected chi connectivity index (χ4v) is 4.49. The number of nitrogens with one attached hydrogen (secondary N) is 1. The Balaban J connectivity index is 1.62. The van der Waals surface area contributed by atoms with Crippen molar-refractivity contribution < 1.29 is 4.79 Å². The van der Waals surface area contributed by atoms with Gasteiger partial charge in [0.05, 0.1) is 38.9 Å². The highest BCUT2D eigenvalue weighted by Gasteiger charge is 2.15. The van der Waals surface area contributed by atoms with Gasteiger partial charge >= 0.3 is 0 Å². The lowest BCUT2D eigenvalue weighted by Crippen LogP contribution is -2.25. The normalized spacial score (nSPS) is 11.0. The molecule has 0 radical (unpaired) electrons. The standard InChI is InChI=1S/C24H19Cl2N3O2S/c1-15-9-11-16(12-10-15)13-29-23(31)17-5-2-3-8-20(17)27-24(29)32-14-21(30)28-22-18(25)6-4-7-19(22)26/h2-12H,13-14H2,1H3,(H,28,30). The number of para-hydroxylation sites is 2. The van der Waals surface area contributed by atoms with Crippen molar-refractivity contribution in [3.05, 3.63) is 98.3 Å². The Kier molecular flexibility index (Phi) is 6.84. The molecule has 0 bridgehead atoms. The Morgan fingerprint density at radius 3 is 2.41 bits per heavy atom. The van der Waals surface area contributed by atoms with Crippen LogP contribution in [0.15, 0.2) is 76.7 Å². The lowest BCUT2D eigenvalue weighted by atomic mass is 10.1. The minimum atomic E-state index is -0.297. The third kappa shape index (κ3) is 4.99. The van der Waals surface area contributed by atoms with E-state index in [2.05, 4.69) is 10.3 Å². The Morgan fingerprint density at radius 2 is 1.69 bits per heavy atom. The summed E-state index contributed by atoms with van der Waals surface area (Å²) in [5.74, 6) is -0.255. The third-order valence-electron chi connectivity index (χ3n) is 4.85. The Labute approximate surface area is 199 Å². The van der Waals surface area contributed by atoms with Crippen molar-refractivity contribution in [3.63, 3.8) is 0 Å². The fourth-order valence-electron chi connectivity index (χ4n) is 3.20. The molecule has 8 heteroatoms. The molecule has 1 aromatic heterocycles. The van der Waals surface area contributed by atoms with Crippen molar-refractivity contribution in [2.45, 2.75) is 18.6 Å². The van der Waals surface area contributed by atoms with Crippen LogP contribution in [0.5, 0.6) is 0 Å². The number of benzene rings is 3. The molecule has 4 aromatic rings. The summed E-state index contributed by atoms with van der Waals surface area (Å²) in [5, 5.41) is 4.46. The van der Waals surface area contributed by atoms with Crippen molar-refractivity contribution in [3.8, 4) is 0 Å². The number of carbonyl (C=O) groups excluding carboxylic acids is 1. The molecule has 3 aromatic carbocycles. The van der Waals surface area contributed by atoms with E-state index in [1.165, 1.54) is 11.8 Å². The zero-order chi connectivity index (χ0) is 22.7. The number of aromatic nitrogens is 2. The van der Waals surface area contributed by atoms with Crippen LogP contribution in [0.1, 0.15) is 11.1 Å². The van der Waals surface area contributed by atoms with E-state index < -0.39 is 0 Å². The summed E-state index contributed by atoms with van der Waals surface area (Å²) in [6, 6.07) is 20.2. The van der Waals surface area contributed by atoms with E-state index in [1.807, 2.05) is 43.3 Å². The maximum Gasteiger partial charge on any atom is 0.262 e. The van der Waals surface area contributed by atoms with E-state index in [9.17, 15) is 9.59 Å². The number of amides is 1. The van der Waals surface area contributed by atoms with E-state index in [4.69, 9.17) is 23.2 Å². The van der Waals surface area contributed by atoms with E-state index in [1.54, 1.807) is 34.9 Å². The summed E-state index contributed by atoms with van der Waals surface area (Å²) in [6.07, 6.45) is 0. The van der Waals surface area contributed by atoms with Gasteiger partial charge in [-0.25, -0.2) is 4.98 Å². The molecule has 4 rings (SSSR count). The van der Waals surface area contributed by atoms with Crippen molar-refractivity contribution in [2.75, 3.05) is 11.1 Å². The fraction of sp³-hybridized carbons (Fsp3) is 0.125. The summed E-state index contributed by atoms with van der Waals surface area (Å²) in [6.45, 7) is 2.37. The Hall–Kier alpha value is -2.80. The molecule has 5 nitrogen and oxygen atoms in total. The number of aryl methyl sites for hydroxylation is 1. The first-order valence-electron chi connectivity index (χ1n) is 9.84. The summed E-state index contributed by atoms with van der Waals surface area (Å²) in [7, 11) is 0. The van der Waals surface area contributed by atoms with Gasteiger partial charge in [-0.1, -0.05) is 83.0 Å². The van der Waals surface area contributed by atoms with Crippen molar-refractivity contribution >= 4 is 57.5 Å². The van der Waals surface area contributed by atoms with Gasteiger partial charge in [-0.2, -0.15) is 0 Å². The second-order valence-corrected chi connectivity index (χ2v) is 8.98. The smallest absolute Gasteiger partial charge is 0.262 e. The number of nitrogens with zero attached hydrogens (tertiary/aromatic N) is 2. The number of carbonyl (C=O) groups is 1. The van der Waals surface area contributed by atoms with Gasteiger partial charge < -0.3 is 5.32 Å². The Morgan fingerprint density at radius 1 is 1.00 bits per heavy atom. The van der Waals surface area contributed by atoms with Gasteiger partial charge in [0.1, 0.15) is 0 Å². The topological polar surface area (TPSA) is 64.0 Å². The van der Waals surface area contributed by atoms with Crippen LogP contribution in [0, 0.1) is 6.92 Å². The molecule has 32 heavy (non-hydrogen) atoms. The van der Waals surface area contributed by atoms with Crippen LogP contribution < -0.4 is 10.9 Å². The monoisotopic (exact) mass is 483 g/mol.